The number of para-hydroxylation sites is 2. The molecule has 2 atom stereocenters. The zero-order valence-electron chi connectivity index (χ0n) is 18.0. The lowest BCUT2D eigenvalue weighted by atomic mass is 9.97. The summed E-state index contributed by atoms with van der Waals surface area (Å²) in [4.78, 5) is 43.9. The van der Waals surface area contributed by atoms with Gasteiger partial charge in [0.25, 0.3) is 11.5 Å². The van der Waals surface area contributed by atoms with Gasteiger partial charge < -0.3 is 15.0 Å². The standard InChI is InChI=1S/C24H27N3O4/c1-4-15(2)17-9-5-7-11-19(17)26-23(29)16(3)31-22(28)14-13-21-25-20-12-8-6-10-18(20)24(30)27-21/h5-12,15-16H,4,13-14H2,1-3H3,(H,26,29)(H,25,27,30)/t15-,16+/m0/s1. The third-order valence-corrected chi connectivity index (χ3v) is 5.27. The number of hydrogen-bond donors (Lipinski definition) is 2. The first-order chi connectivity index (χ1) is 14.9. The summed E-state index contributed by atoms with van der Waals surface area (Å²) in [5.41, 5.74) is 2.09. The molecule has 1 amide bonds. The fraction of sp³-hybridized carbons (Fsp3) is 0.333. The van der Waals surface area contributed by atoms with Crippen molar-refractivity contribution in [1.82, 2.24) is 9.97 Å². The highest BCUT2D eigenvalue weighted by Crippen LogP contribution is 2.26. The van der Waals surface area contributed by atoms with Gasteiger partial charge in [0, 0.05) is 12.1 Å². The Hall–Kier alpha value is -3.48. The van der Waals surface area contributed by atoms with Gasteiger partial charge in [-0.15, -0.1) is 0 Å². The second-order valence-electron chi connectivity index (χ2n) is 7.55. The van der Waals surface area contributed by atoms with Gasteiger partial charge in [0.2, 0.25) is 0 Å². The monoisotopic (exact) mass is 421 g/mol. The molecule has 7 nitrogen and oxygen atoms in total. The SMILES string of the molecule is CC[C@H](C)c1ccccc1NC(=O)[C@@H](C)OC(=O)CCc1nc2ccccc2c(=O)[nH]1. The number of aryl methyl sites for hydroxylation is 1. The Bertz CT molecular complexity index is 1140. The van der Waals surface area contributed by atoms with Gasteiger partial charge in [0.15, 0.2) is 6.10 Å². The van der Waals surface area contributed by atoms with Gasteiger partial charge in [-0.25, -0.2) is 4.98 Å². The number of benzene rings is 2. The van der Waals surface area contributed by atoms with Crippen LogP contribution in [0, 0.1) is 0 Å². The maximum atomic E-state index is 12.5. The number of aromatic amines is 1. The lowest BCUT2D eigenvalue weighted by Gasteiger charge is -2.18. The van der Waals surface area contributed by atoms with Gasteiger partial charge in [-0.2, -0.15) is 0 Å². The van der Waals surface area contributed by atoms with E-state index in [4.69, 9.17) is 4.74 Å². The number of rotatable bonds is 8. The summed E-state index contributed by atoms with van der Waals surface area (Å²) in [7, 11) is 0. The Labute approximate surface area is 180 Å². The molecular weight excluding hydrogens is 394 g/mol. The number of ether oxygens (including phenoxy) is 1. The molecule has 2 N–H and O–H groups in total. The van der Waals surface area contributed by atoms with E-state index in [0.29, 0.717) is 22.6 Å². The number of aromatic nitrogens is 2. The van der Waals surface area contributed by atoms with Crippen LogP contribution in [0.2, 0.25) is 0 Å². The van der Waals surface area contributed by atoms with Crippen LogP contribution in [-0.4, -0.2) is 27.9 Å². The summed E-state index contributed by atoms with van der Waals surface area (Å²) in [6.07, 6.45) is 0.218. The number of nitrogens with one attached hydrogen (secondary N) is 2. The van der Waals surface area contributed by atoms with Crippen LogP contribution in [0.25, 0.3) is 10.9 Å². The van der Waals surface area contributed by atoms with Crippen molar-refractivity contribution in [1.29, 1.82) is 0 Å². The van der Waals surface area contributed by atoms with Crippen molar-refractivity contribution in [2.75, 3.05) is 5.32 Å². The second-order valence-corrected chi connectivity index (χ2v) is 7.55. The lowest BCUT2D eigenvalue weighted by molar-refractivity contribution is -0.153. The van der Waals surface area contributed by atoms with Crippen LogP contribution in [0.4, 0.5) is 5.69 Å². The topological polar surface area (TPSA) is 101 Å². The van der Waals surface area contributed by atoms with Gasteiger partial charge in [-0.1, -0.05) is 44.2 Å². The molecule has 1 aromatic heterocycles. The fourth-order valence-corrected chi connectivity index (χ4v) is 3.28. The quantitative estimate of drug-likeness (QED) is 0.537. The number of amides is 1. The van der Waals surface area contributed by atoms with Crippen LogP contribution in [-0.2, 0) is 20.7 Å². The highest BCUT2D eigenvalue weighted by atomic mass is 16.5. The van der Waals surface area contributed by atoms with Crippen molar-refractivity contribution in [3.63, 3.8) is 0 Å². The fourth-order valence-electron chi connectivity index (χ4n) is 3.28. The van der Waals surface area contributed by atoms with Gasteiger partial charge >= 0.3 is 5.97 Å². The number of nitrogens with zero attached hydrogens (tertiary/aromatic N) is 1. The van der Waals surface area contributed by atoms with Crippen molar-refractivity contribution in [3.05, 3.63) is 70.3 Å². The molecule has 0 radical (unpaired) electrons. The molecule has 162 valence electrons. The Morgan fingerprint density at radius 2 is 1.81 bits per heavy atom. The number of esters is 1. The minimum absolute atomic E-state index is 0.00234. The number of fused-ring (bicyclic) bond motifs is 1. The molecule has 0 aliphatic rings. The first-order valence-corrected chi connectivity index (χ1v) is 10.5. The van der Waals surface area contributed by atoms with Crippen LogP contribution in [0.3, 0.4) is 0 Å². The van der Waals surface area contributed by atoms with Crippen LogP contribution in [0.5, 0.6) is 0 Å². The van der Waals surface area contributed by atoms with Gasteiger partial charge in [0.05, 0.1) is 17.3 Å². The van der Waals surface area contributed by atoms with Crippen LogP contribution in [0.1, 0.15) is 50.9 Å². The average molecular weight is 421 g/mol. The van der Waals surface area contributed by atoms with Crippen molar-refractivity contribution in [2.24, 2.45) is 0 Å². The first kappa shape index (κ1) is 22.2. The van der Waals surface area contributed by atoms with Crippen molar-refractivity contribution < 1.29 is 14.3 Å². The molecule has 0 saturated heterocycles. The van der Waals surface area contributed by atoms with E-state index in [1.165, 1.54) is 6.92 Å². The van der Waals surface area contributed by atoms with Gasteiger partial charge in [-0.3, -0.25) is 14.4 Å². The van der Waals surface area contributed by atoms with Gasteiger partial charge in [0.1, 0.15) is 5.82 Å². The van der Waals surface area contributed by atoms with E-state index >= 15 is 0 Å². The Kier molecular flexibility index (Phi) is 7.18. The Morgan fingerprint density at radius 1 is 1.10 bits per heavy atom. The third-order valence-electron chi connectivity index (χ3n) is 5.27. The largest absolute Gasteiger partial charge is 0.453 e. The zero-order chi connectivity index (χ0) is 22.4. The van der Waals surface area contributed by atoms with E-state index in [9.17, 15) is 14.4 Å². The summed E-state index contributed by atoms with van der Waals surface area (Å²) in [6, 6.07) is 14.6. The Balaban J connectivity index is 1.57. The van der Waals surface area contributed by atoms with E-state index < -0.39 is 12.1 Å². The van der Waals surface area contributed by atoms with E-state index in [2.05, 4.69) is 29.1 Å². The second kappa shape index (κ2) is 10.0. The number of carbonyl (C=O) groups excluding carboxylic acids is 2. The first-order valence-electron chi connectivity index (χ1n) is 10.5. The van der Waals surface area contributed by atoms with E-state index in [1.807, 2.05) is 24.3 Å². The maximum Gasteiger partial charge on any atom is 0.307 e. The molecule has 0 unspecified atom stereocenters. The molecule has 3 rings (SSSR count). The van der Waals surface area contributed by atoms with Gasteiger partial charge in [-0.05, 0) is 43.0 Å². The van der Waals surface area contributed by atoms with E-state index in [0.717, 1.165) is 17.7 Å². The summed E-state index contributed by atoms with van der Waals surface area (Å²) < 4.78 is 5.28. The van der Waals surface area contributed by atoms with Crippen LogP contribution in [0.15, 0.2) is 53.3 Å². The zero-order valence-corrected chi connectivity index (χ0v) is 18.0. The molecule has 0 fully saturated rings. The summed E-state index contributed by atoms with van der Waals surface area (Å²) in [6.45, 7) is 5.72. The van der Waals surface area contributed by atoms with E-state index in [-0.39, 0.29) is 24.3 Å². The maximum absolute atomic E-state index is 12.5. The normalized spacial score (nSPS) is 12.9. The van der Waals surface area contributed by atoms with Crippen LogP contribution < -0.4 is 10.9 Å². The number of carbonyl (C=O) groups is 2. The third kappa shape index (κ3) is 5.57. The number of H-pyrrole nitrogens is 1. The summed E-state index contributed by atoms with van der Waals surface area (Å²) in [5, 5.41) is 3.35. The highest BCUT2D eigenvalue weighted by Gasteiger charge is 2.20. The molecule has 3 aromatic rings. The molecule has 31 heavy (non-hydrogen) atoms. The van der Waals surface area contributed by atoms with Crippen molar-refractivity contribution >= 4 is 28.5 Å². The summed E-state index contributed by atoms with van der Waals surface area (Å²) >= 11 is 0. The molecular formula is C24H27N3O4. The number of anilines is 1. The average Bonchev–Trinajstić information content (AvgIpc) is 2.77. The molecule has 0 bridgehead atoms. The van der Waals surface area contributed by atoms with Crippen LogP contribution >= 0.6 is 0 Å². The van der Waals surface area contributed by atoms with E-state index in [1.54, 1.807) is 24.3 Å². The molecule has 0 saturated carbocycles. The molecule has 0 aliphatic carbocycles. The molecule has 0 spiro atoms. The predicted molar refractivity (Wildman–Crippen MR) is 120 cm³/mol. The minimum atomic E-state index is -0.943. The van der Waals surface area contributed by atoms with Crippen molar-refractivity contribution in [2.45, 2.75) is 52.1 Å². The molecule has 2 aromatic carbocycles. The predicted octanol–water partition coefficient (Wildman–Crippen LogP) is 3.94. The summed E-state index contributed by atoms with van der Waals surface area (Å²) in [5.74, 6) is -0.221. The van der Waals surface area contributed by atoms with Crippen molar-refractivity contribution in [3.8, 4) is 0 Å². The minimum Gasteiger partial charge on any atom is -0.453 e. The lowest BCUT2D eigenvalue weighted by Crippen LogP contribution is -2.30. The highest BCUT2D eigenvalue weighted by molar-refractivity contribution is 5.95. The molecule has 0 aliphatic heterocycles. The number of hydrogen-bond acceptors (Lipinski definition) is 5. The molecule has 1 heterocycles. The smallest absolute Gasteiger partial charge is 0.307 e. The Morgan fingerprint density at radius 3 is 2.58 bits per heavy atom. The molecule has 7 heteroatoms.